The van der Waals surface area contributed by atoms with Crippen LogP contribution in [-0.2, 0) is 11.2 Å². The number of ether oxygens (including phenoxy) is 1. The molecule has 0 fully saturated rings. The third-order valence-electron chi connectivity index (χ3n) is 2.75. The summed E-state index contributed by atoms with van der Waals surface area (Å²) in [4.78, 5) is 5.07. The third-order valence-corrected chi connectivity index (χ3v) is 3.55. The van der Waals surface area contributed by atoms with E-state index in [1.165, 1.54) is 0 Å². The van der Waals surface area contributed by atoms with Crippen LogP contribution in [0.15, 0.2) is 11.7 Å². The number of aliphatic hydroxyl groups excluding tert-OH is 1. The Kier molecular flexibility index (Phi) is 4.04. The van der Waals surface area contributed by atoms with Gasteiger partial charge in [0.2, 0.25) is 0 Å². The van der Waals surface area contributed by atoms with E-state index in [4.69, 9.17) is 4.74 Å². The highest BCUT2D eigenvalue weighted by atomic mass is 32.1. The first kappa shape index (κ1) is 11.6. The fraction of sp³-hybridized carbons (Fsp3) is 0.700. The Bertz CT molecular complexity index is 257. The Labute approximate surface area is 88.8 Å². The highest BCUT2D eigenvalue weighted by Gasteiger charge is 2.31. The molecule has 80 valence electrons. The zero-order chi connectivity index (χ0) is 10.6. The largest absolute Gasteiger partial charge is 0.390 e. The minimum atomic E-state index is -0.474. The lowest BCUT2D eigenvalue weighted by Crippen LogP contribution is -2.41. The summed E-state index contributed by atoms with van der Waals surface area (Å²) < 4.78 is 5.33. The number of aromatic nitrogens is 1. The van der Waals surface area contributed by atoms with Gasteiger partial charge in [-0.05, 0) is 13.3 Å². The van der Waals surface area contributed by atoms with Crippen molar-refractivity contribution in [2.75, 3.05) is 7.11 Å². The SMILES string of the molecule is CCC(C)(OC)C(O)Cc1cncs1. The van der Waals surface area contributed by atoms with Crippen LogP contribution in [0.2, 0.25) is 0 Å². The third kappa shape index (κ3) is 2.53. The van der Waals surface area contributed by atoms with Crippen molar-refractivity contribution in [2.24, 2.45) is 0 Å². The average Bonchev–Trinajstić information content (AvgIpc) is 2.69. The maximum absolute atomic E-state index is 9.99. The lowest BCUT2D eigenvalue weighted by Gasteiger charge is -2.31. The van der Waals surface area contributed by atoms with Gasteiger partial charge in [0.05, 0.1) is 17.2 Å². The first-order chi connectivity index (χ1) is 6.62. The number of methoxy groups -OCH3 is 1. The molecule has 0 amide bonds. The standard InChI is InChI=1S/C10H17NO2S/c1-4-10(2,13-3)9(12)5-8-6-11-7-14-8/h6-7,9,12H,4-5H2,1-3H3. The number of hydrogen-bond donors (Lipinski definition) is 1. The Morgan fingerprint density at radius 2 is 2.43 bits per heavy atom. The Balaban J connectivity index is 2.60. The zero-order valence-electron chi connectivity index (χ0n) is 8.86. The molecule has 1 N–H and O–H groups in total. The molecule has 0 aliphatic heterocycles. The number of rotatable bonds is 5. The van der Waals surface area contributed by atoms with Gasteiger partial charge < -0.3 is 9.84 Å². The normalized spacial score (nSPS) is 17.7. The molecule has 0 aliphatic rings. The van der Waals surface area contributed by atoms with Crippen molar-refractivity contribution in [3.8, 4) is 0 Å². The molecule has 0 aromatic carbocycles. The van der Waals surface area contributed by atoms with Crippen molar-refractivity contribution in [3.63, 3.8) is 0 Å². The Hall–Kier alpha value is -0.450. The van der Waals surface area contributed by atoms with Crippen molar-refractivity contribution in [1.82, 2.24) is 4.98 Å². The number of thiazole rings is 1. The van der Waals surface area contributed by atoms with Gasteiger partial charge >= 0.3 is 0 Å². The second-order valence-corrected chi connectivity index (χ2v) is 4.53. The quantitative estimate of drug-likeness (QED) is 0.815. The zero-order valence-corrected chi connectivity index (χ0v) is 9.67. The Morgan fingerprint density at radius 1 is 1.71 bits per heavy atom. The van der Waals surface area contributed by atoms with Crippen LogP contribution in [0.3, 0.4) is 0 Å². The molecule has 0 spiro atoms. The minimum absolute atomic E-state index is 0.454. The average molecular weight is 215 g/mol. The van der Waals surface area contributed by atoms with Gasteiger partial charge in [0.15, 0.2) is 0 Å². The molecule has 4 heteroatoms. The topological polar surface area (TPSA) is 42.4 Å². The second-order valence-electron chi connectivity index (χ2n) is 3.56. The summed E-state index contributed by atoms with van der Waals surface area (Å²) in [5.41, 5.74) is 1.32. The van der Waals surface area contributed by atoms with Crippen LogP contribution in [0.25, 0.3) is 0 Å². The lowest BCUT2D eigenvalue weighted by molar-refractivity contribution is -0.0911. The van der Waals surface area contributed by atoms with E-state index in [2.05, 4.69) is 4.98 Å². The molecule has 1 aromatic rings. The summed E-state index contributed by atoms with van der Waals surface area (Å²) >= 11 is 1.56. The molecule has 0 saturated heterocycles. The van der Waals surface area contributed by atoms with Crippen molar-refractivity contribution in [2.45, 2.75) is 38.4 Å². The van der Waals surface area contributed by atoms with Crippen LogP contribution in [0.5, 0.6) is 0 Å². The molecule has 1 rings (SSSR count). The van der Waals surface area contributed by atoms with Gasteiger partial charge in [-0.15, -0.1) is 11.3 Å². The van der Waals surface area contributed by atoms with E-state index < -0.39 is 11.7 Å². The highest BCUT2D eigenvalue weighted by Crippen LogP contribution is 2.23. The van der Waals surface area contributed by atoms with E-state index in [1.54, 1.807) is 30.2 Å². The summed E-state index contributed by atoms with van der Waals surface area (Å²) in [6.07, 6.45) is 2.73. The smallest absolute Gasteiger partial charge is 0.0909 e. The molecule has 1 heterocycles. The van der Waals surface area contributed by atoms with E-state index in [0.29, 0.717) is 6.42 Å². The molecule has 0 aliphatic carbocycles. The summed E-state index contributed by atoms with van der Waals surface area (Å²) in [7, 11) is 1.64. The summed E-state index contributed by atoms with van der Waals surface area (Å²) in [5, 5.41) is 9.99. The molecule has 0 bridgehead atoms. The molecule has 14 heavy (non-hydrogen) atoms. The van der Waals surface area contributed by atoms with Gasteiger partial charge in [0.1, 0.15) is 0 Å². The fourth-order valence-electron chi connectivity index (χ4n) is 1.27. The highest BCUT2D eigenvalue weighted by molar-refractivity contribution is 7.09. The number of nitrogens with zero attached hydrogens (tertiary/aromatic N) is 1. The van der Waals surface area contributed by atoms with E-state index >= 15 is 0 Å². The molecule has 3 nitrogen and oxygen atoms in total. The maximum atomic E-state index is 9.99. The van der Waals surface area contributed by atoms with Crippen molar-refractivity contribution in [1.29, 1.82) is 0 Å². The van der Waals surface area contributed by atoms with Crippen molar-refractivity contribution in [3.05, 3.63) is 16.6 Å². The van der Waals surface area contributed by atoms with E-state index in [0.717, 1.165) is 11.3 Å². The maximum Gasteiger partial charge on any atom is 0.0909 e. The fourth-order valence-corrected chi connectivity index (χ4v) is 1.90. The van der Waals surface area contributed by atoms with Crippen LogP contribution in [0.1, 0.15) is 25.1 Å². The molecule has 2 unspecified atom stereocenters. The van der Waals surface area contributed by atoms with Crippen LogP contribution >= 0.6 is 11.3 Å². The van der Waals surface area contributed by atoms with E-state index in [9.17, 15) is 5.11 Å². The molecule has 2 atom stereocenters. The van der Waals surface area contributed by atoms with Crippen LogP contribution < -0.4 is 0 Å². The first-order valence-corrected chi connectivity index (χ1v) is 5.61. The number of hydrogen-bond acceptors (Lipinski definition) is 4. The molecular weight excluding hydrogens is 198 g/mol. The van der Waals surface area contributed by atoms with Crippen molar-refractivity contribution >= 4 is 11.3 Å². The van der Waals surface area contributed by atoms with Crippen LogP contribution in [0, 0.1) is 0 Å². The van der Waals surface area contributed by atoms with Gasteiger partial charge in [-0.3, -0.25) is 4.98 Å². The van der Waals surface area contributed by atoms with Gasteiger partial charge in [-0.25, -0.2) is 0 Å². The van der Waals surface area contributed by atoms with E-state index in [-0.39, 0.29) is 0 Å². The van der Waals surface area contributed by atoms with Gasteiger partial charge in [-0.2, -0.15) is 0 Å². The van der Waals surface area contributed by atoms with E-state index in [1.807, 2.05) is 13.8 Å². The number of aliphatic hydroxyl groups is 1. The molecule has 0 radical (unpaired) electrons. The van der Waals surface area contributed by atoms with Gasteiger partial charge in [-0.1, -0.05) is 6.92 Å². The summed E-state index contributed by atoms with van der Waals surface area (Å²) in [6.45, 7) is 3.94. The monoisotopic (exact) mass is 215 g/mol. The minimum Gasteiger partial charge on any atom is -0.390 e. The lowest BCUT2D eigenvalue weighted by atomic mass is 9.93. The molecule has 0 saturated carbocycles. The molecular formula is C10H17NO2S. The predicted octanol–water partition coefficient (Wildman–Crippen LogP) is 1.86. The summed E-state index contributed by atoms with van der Waals surface area (Å²) in [6, 6.07) is 0. The summed E-state index contributed by atoms with van der Waals surface area (Å²) in [5.74, 6) is 0. The Morgan fingerprint density at radius 3 is 2.86 bits per heavy atom. The predicted molar refractivity (Wildman–Crippen MR) is 57.5 cm³/mol. The van der Waals surface area contributed by atoms with Gasteiger partial charge in [0.25, 0.3) is 0 Å². The molecule has 1 aromatic heterocycles. The van der Waals surface area contributed by atoms with Crippen LogP contribution in [-0.4, -0.2) is 28.9 Å². The van der Waals surface area contributed by atoms with Gasteiger partial charge in [0, 0.05) is 24.6 Å². The first-order valence-electron chi connectivity index (χ1n) is 4.73. The van der Waals surface area contributed by atoms with Crippen molar-refractivity contribution < 1.29 is 9.84 Å². The van der Waals surface area contributed by atoms with Crippen LogP contribution in [0.4, 0.5) is 0 Å². The second kappa shape index (κ2) is 4.87.